The molecule has 0 unspecified atom stereocenters. The Morgan fingerprint density at radius 3 is 1.78 bits per heavy atom. The number of hydrogen-bond acceptors (Lipinski definition) is 5. The molecule has 4 nitrogen and oxygen atoms in total. The average Bonchev–Trinajstić information content (AvgIpc) is 4.09. The van der Waals surface area contributed by atoms with Crippen molar-refractivity contribution in [3.05, 3.63) is 237 Å². The molecule has 67 heavy (non-hydrogen) atoms. The van der Waals surface area contributed by atoms with E-state index in [0.717, 1.165) is 106 Å². The number of nitrogens with zero attached hydrogens (tertiary/aromatic N) is 2. The van der Waals surface area contributed by atoms with Gasteiger partial charge in [0.05, 0.1) is 5.69 Å². The second-order valence-corrected chi connectivity index (χ2v) is 18.0. The van der Waals surface area contributed by atoms with Gasteiger partial charge in [-0.2, -0.15) is 0 Å². The molecule has 0 saturated carbocycles. The SMILES string of the molecule is C=Cc1cccc(N(c2ccccc2)c2ccc3sc4ccc(-c5cccc6oc7c(N(c8ccccc8)c8ccc(-c9ccc%10oc%11ccccc%11c%10c9)cc8)cccc7c56)cc4c3c2)c1. The van der Waals surface area contributed by atoms with Gasteiger partial charge in [-0.15, -0.1) is 11.3 Å². The van der Waals surface area contributed by atoms with Gasteiger partial charge < -0.3 is 18.6 Å². The van der Waals surface area contributed by atoms with Gasteiger partial charge in [-0.05, 0) is 137 Å². The smallest absolute Gasteiger partial charge is 0.159 e. The first-order valence-corrected chi connectivity index (χ1v) is 23.3. The Morgan fingerprint density at radius 1 is 0.373 bits per heavy atom. The molecular weight excluding hydrogens is 837 g/mol. The normalized spacial score (nSPS) is 11.6. The van der Waals surface area contributed by atoms with Crippen LogP contribution in [-0.2, 0) is 0 Å². The Labute approximate surface area is 391 Å². The summed E-state index contributed by atoms with van der Waals surface area (Å²) in [5.41, 5.74) is 15.4. The number of benzene rings is 10. The largest absolute Gasteiger partial charge is 0.456 e. The molecule has 0 amide bonds. The Morgan fingerprint density at radius 2 is 0.955 bits per heavy atom. The molecule has 0 aliphatic carbocycles. The highest BCUT2D eigenvalue weighted by Crippen LogP contribution is 2.47. The molecule has 0 fully saturated rings. The topological polar surface area (TPSA) is 32.8 Å². The van der Waals surface area contributed by atoms with E-state index in [9.17, 15) is 0 Å². The fraction of sp³-hybridized carbons (Fsp3) is 0. The van der Waals surface area contributed by atoms with Crippen molar-refractivity contribution in [3.8, 4) is 22.3 Å². The molecule has 13 aromatic rings. The van der Waals surface area contributed by atoms with Crippen LogP contribution in [0.2, 0.25) is 0 Å². The first-order valence-electron chi connectivity index (χ1n) is 22.5. The molecule has 0 radical (unpaired) electrons. The minimum absolute atomic E-state index is 0.836. The number of rotatable bonds is 9. The Hall–Kier alpha value is -8.64. The van der Waals surface area contributed by atoms with E-state index >= 15 is 0 Å². The van der Waals surface area contributed by atoms with E-state index in [1.165, 1.54) is 20.2 Å². The van der Waals surface area contributed by atoms with Crippen molar-refractivity contribution < 1.29 is 8.83 Å². The first-order chi connectivity index (χ1) is 33.1. The second-order valence-electron chi connectivity index (χ2n) is 16.9. The minimum Gasteiger partial charge on any atom is -0.456 e. The van der Waals surface area contributed by atoms with Gasteiger partial charge >= 0.3 is 0 Å². The molecular formula is C62H40N2O2S. The molecule has 3 aromatic heterocycles. The van der Waals surface area contributed by atoms with Crippen molar-refractivity contribution in [3.63, 3.8) is 0 Å². The molecule has 0 aliphatic heterocycles. The lowest BCUT2D eigenvalue weighted by Crippen LogP contribution is -2.10. The van der Waals surface area contributed by atoms with Gasteiger partial charge in [-0.3, -0.25) is 0 Å². The number of hydrogen-bond donors (Lipinski definition) is 0. The zero-order chi connectivity index (χ0) is 44.4. The van der Waals surface area contributed by atoms with Gasteiger partial charge in [0.25, 0.3) is 0 Å². The molecule has 10 aromatic carbocycles. The van der Waals surface area contributed by atoms with Crippen LogP contribution in [0.5, 0.6) is 0 Å². The summed E-state index contributed by atoms with van der Waals surface area (Å²) in [5, 5.41) is 6.87. The maximum Gasteiger partial charge on any atom is 0.159 e. The van der Waals surface area contributed by atoms with E-state index in [1.807, 2.05) is 29.5 Å². The molecule has 3 heterocycles. The lowest BCUT2D eigenvalue weighted by atomic mass is 9.97. The van der Waals surface area contributed by atoms with E-state index in [1.54, 1.807) is 0 Å². The summed E-state index contributed by atoms with van der Waals surface area (Å²) < 4.78 is 15.6. The second kappa shape index (κ2) is 15.8. The fourth-order valence-electron chi connectivity index (χ4n) is 9.85. The highest BCUT2D eigenvalue weighted by Gasteiger charge is 2.22. The number of anilines is 6. The summed E-state index contributed by atoms with van der Waals surface area (Å²) in [6, 6.07) is 79.9. The Bertz CT molecular complexity index is 4010. The third-order valence-corrected chi connectivity index (χ3v) is 14.1. The molecule has 0 bridgehead atoms. The Balaban J connectivity index is 0.914. The quantitative estimate of drug-likeness (QED) is 0.145. The van der Waals surface area contributed by atoms with Crippen LogP contribution in [0.1, 0.15) is 5.56 Å². The summed E-state index contributed by atoms with van der Waals surface area (Å²) in [7, 11) is 0. The fourth-order valence-corrected chi connectivity index (χ4v) is 10.9. The summed E-state index contributed by atoms with van der Waals surface area (Å²) >= 11 is 1.83. The minimum atomic E-state index is 0.836. The summed E-state index contributed by atoms with van der Waals surface area (Å²) in [5.74, 6) is 0. The summed E-state index contributed by atoms with van der Waals surface area (Å²) in [6.45, 7) is 4.04. The van der Waals surface area contributed by atoms with Crippen molar-refractivity contribution >= 4 is 116 Å². The van der Waals surface area contributed by atoms with E-state index < -0.39 is 0 Å². The van der Waals surface area contributed by atoms with Crippen LogP contribution >= 0.6 is 11.3 Å². The van der Waals surface area contributed by atoms with Gasteiger partial charge in [-0.25, -0.2) is 0 Å². The van der Waals surface area contributed by atoms with Crippen molar-refractivity contribution in [2.75, 3.05) is 9.80 Å². The van der Waals surface area contributed by atoms with Gasteiger partial charge in [0, 0.05) is 70.2 Å². The van der Waals surface area contributed by atoms with Crippen LogP contribution in [0.3, 0.4) is 0 Å². The van der Waals surface area contributed by atoms with Crippen LogP contribution in [-0.4, -0.2) is 0 Å². The zero-order valence-electron chi connectivity index (χ0n) is 36.3. The molecule has 0 atom stereocenters. The molecule has 13 rings (SSSR count). The predicted molar refractivity (Wildman–Crippen MR) is 284 cm³/mol. The van der Waals surface area contributed by atoms with Crippen LogP contribution in [0.25, 0.3) is 92.4 Å². The summed E-state index contributed by atoms with van der Waals surface area (Å²) in [6.07, 6.45) is 1.90. The molecule has 0 spiro atoms. The third kappa shape index (κ3) is 6.59. The highest BCUT2D eigenvalue weighted by atomic mass is 32.1. The predicted octanol–water partition coefficient (Wildman–Crippen LogP) is 18.8. The number of fused-ring (bicyclic) bond motifs is 9. The maximum absolute atomic E-state index is 6.96. The van der Waals surface area contributed by atoms with E-state index in [0.29, 0.717) is 0 Å². The van der Waals surface area contributed by atoms with Crippen molar-refractivity contribution in [2.24, 2.45) is 0 Å². The van der Waals surface area contributed by atoms with Crippen molar-refractivity contribution in [1.82, 2.24) is 0 Å². The first kappa shape index (κ1) is 38.8. The zero-order valence-corrected chi connectivity index (χ0v) is 37.1. The third-order valence-electron chi connectivity index (χ3n) is 13.0. The lowest BCUT2D eigenvalue weighted by Gasteiger charge is -2.26. The molecule has 5 heteroatoms. The van der Waals surface area contributed by atoms with Gasteiger partial charge in [0.2, 0.25) is 0 Å². The van der Waals surface area contributed by atoms with Gasteiger partial charge in [0.1, 0.15) is 16.7 Å². The van der Waals surface area contributed by atoms with Crippen LogP contribution in [0.4, 0.5) is 34.1 Å². The molecule has 0 aliphatic rings. The highest BCUT2D eigenvalue weighted by molar-refractivity contribution is 7.25. The lowest BCUT2D eigenvalue weighted by molar-refractivity contribution is 0.668. The Kier molecular flexibility index (Phi) is 9.15. The van der Waals surface area contributed by atoms with E-state index in [2.05, 4.69) is 229 Å². The van der Waals surface area contributed by atoms with Crippen LogP contribution in [0.15, 0.2) is 240 Å². The monoisotopic (exact) mass is 876 g/mol. The molecule has 0 N–H and O–H groups in total. The van der Waals surface area contributed by atoms with Crippen molar-refractivity contribution in [1.29, 1.82) is 0 Å². The molecule has 316 valence electrons. The van der Waals surface area contributed by atoms with Crippen molar-refractivity contribution in [2.45, 2.75) is 0 Å². The summed E-state index contributed by atoms with van der Waals surface area (Å²) in [4.78, 5) is 4.63. The number of thiophene rings is 1. The van der Waals surface area contributed by atoms with Gasteiger partial charge in [-0.1, -0.05) is 128 Å². The van der Waals surface area contributed by atoms with Crippen LogP contribution in [0, 0.1) is 0 Å². The maximum atomic E-state index is 6.96. The van der Waals surface area contributed by atoms with Crippen LogP contribution < -0.4 is 9.80 Å². The number of para-hydroxylation sites is 4. The molecule has 0 saturated heterocycles. The van der Waals surface area contributed by atoms with E-state index in [-0.39, 0.29) is 0 Å². The standard InChI is InChI=1S/C62H40N2O2S/c1-2-40-14-11-19-47(36-40)63(44-15-5-3-6-16-44)48-32-35-60-54(39-48)53-38-43(29-34-59(53)67-60)49-21-13-25-58-61(49)51-22-12-23-55(62(51)66-58)64(45-17-7-4-8-18-45)46-30-26-41(27-31-46)42-28-33-57-52(37-42)50-20-9-10-24-56(50)65-57/h2-39H,1H2. The number of furan rings is 2. The average molecular weight is 877 g/mol. The van der Waals surface area contributed by atoms with Gasteiger partial charge in [0.15, 0.2) is 5.58 Å². The van der Waals surface area contributed by atoms with E-state index in [4.69, 9.17) is 8.83 Å².